The van der Waals surface area contributed by atoms with Gasteiger partial charge in [0.2, 0.25) is 5.91 Å². The third-order valence-electron chi connectivity index (χ3n) is 2.73. The van der Waals surface area contributed by atoms with Gasteiger partial charge < -0.3 is 15.8 Å². The van der Waals surface area contributed by atoms with Gasteiger partial charge in [0.05, 0.1) is 6.61 Å². The molecule has 0 radical (unpaired) electrons. The topological polar surface area (TPSA) is 64.3 Å². The van der Waals surface area contributed by atoms with Crippen LogP contribution >= 0.6 is 0 Å². The van der Waals surface area contributed by atoms with Crippen molar-refractivity contribution in [3.63, 3.8) is 0 Å². The quantitative estimate of drug-likeness (QED) is 0.793. The smallest absolute Gasteiger partial charge is 0.248 e. The van der Waals surface area contributed by atoms with Crippen molar-refractivity contribution < 1.29 is 9.53 Å². The number of carbonyl (C=O) groups excluding carboxylic acids is 1. The molecular formula is C13H20N2O2. The Balaban J connectivity index is 2.81. The fourth-order valence-electron chi connectivity index (χ4n) is 1.66. The molecule has 3 N–H and O–H groups in total. The molecule has 0 saturated carbocycles. The molecule has 0 spiro atoms. The normalized spacial score (nSPS) is 12.2. The van der Waals surface area contributed by atoms with Crippen molar-refractivity contribution in [2.45, 2.75) is 26.3 Å². The standard InChI is InChI=1S/C13H20N2O2/c1-4-11(8-17-3)15-12-6-5-10(13(14)16)7-9(12)2/h5-7,11,15H,4,8H2,1-3H3,(H2,14,16). The van der Waals surface area contributed by atoms with Crippen molar-refractivity contribution in [3.05, 3.63) is 29.3 Å². The molecule has 1 unspecified atom stereocenters. The second kappa shape index (κ2) is 6.25. The van der Waals surface area contributed by atoms with E-state index in [-0.39, 0.29) is 6.04 Å². The monoisotopic (exact) mass is 236 g/mol. The molecule has 0 fully saturated rings. The van der Waals surface area contributed by atoms with E-state index in [1.54, 1.807) is 19.2 Å². The number of hydrogen-bond acceptors (Lipinski definition) is 3. The maximum absolute atomic E-state index is 11.0. The molecule has 1 aromatic rings. The lowest BCUT2D eigenvalue weighted by Crippen LogP contribution is -2.24. The molecule has 94 valence electrons. The Kier molecular flexibility index (Phi) is 4.97. The predicted molar refractivity (Wildman–Crippen MR) is 69.3 cm³/mol. The fourth-order valence-corrected chi connectivity index (χ4v) is 1.66. The van der Waals surface area contributed by atoms with Gasteiger partial charge in [-0.05, 0) is 37.1 Å². The number of aryl methyl sites for hydroxylation is 1. The lowest BCUT2D eigenvalue weighted by Gasteiger charge is -2.19. The van der Waals surface area contributed by atoms with Gasteiger partial charge in [-0.1, -0.05) is 6.92 Å². The highest BCUT2D eigenvalue weighted by molar-refractivity contribution is 5.93. The van der Waals surface area contributed by atoms with Crippen LogP contribution in [0.25, 0.3) is 0 Å². The van der Waals surface area contributed by atoms with Crippen LogP contribution in [0.2, 0.25) is 0 Å². The lowest BCUT2D eigenvalue weighted by atomic mass is 10.1. The Morgan fingerprint density at radius 1 is 1.53 bits per heavy atom. The van der Waals surface area contributed by atoms with Gasteiger partial charge in [-0.2, -0.15) is 0 Å². The molecule has 0 heterocycles. The first-order chi connectivity index (χ1) is 8.08. The molecule has 0 aliphatic heterocycles. The number of anilines is 1. The van der Waals surface area contributed by atoms with Crippen LogP contribution < -0.4 is 11.1 Å². The van der Waals surface area contributed by atoms with Crippen molar-refractivity contribution in [2.24, 2.45) is 5.73 Å². The molecular weight excluding hydrogens is 216 g/mol. The maximum atomic E-state index is 11.0. The molecule has 1 amide bonds. The molecule has 0 aromatic heterocycles. The summed E-state index contributed by atoms with van der Waals surface area (Å²) in [5.41, 5.74) is 7.79. The van der Waals surface area contributed by atoms with Crippen molar-refractivity contribution >= 4 is 11.6 Å². The van der Waals surface area contributed by atoms with E-state index in [0.29, 0.717) is 12.2 Å². The first kappa shape index (κ1) is 13.5. The SMILES string of the molecule is CCC(COC)Nc1ccc(C(N)=O)cc1C. The molecule has 0 bridgehead atoms. The van der Waals surface area contributed by atoms with E-state index in [1.165, 1.54) is 0 Å². The number of benzene rings is 1. The van der Waals surface area contributed by atoms with Crippen molar-refractivity contribution in [1.82, 2.24) is 0 Å². The third-order valence-corrected chi connectivity index (χ3v) is 2.73. The largest absolute Gasteiger partial charge is 0.383 e. The highest BCUT2D eigenvalue weighted by atomic mass is 16.5. The number of amides is 1. The molecule has 1 atom stereocenters. The van der Waals surface area contributed by atoms with Crippen LogP contribution in [0.3, 0.4) is 0 Å². The molecule has 4 heteroatoms. The number of hydrogen-bond donors (Lipinski definition) is 2. The number of nitrogens with one attached hydrogen (secondary N) is 1. The molecule has 1 rings (SSSR count). The minimum absolute atomic E-state index is 0.276. The summed E-state index contributed by atoms with van der Waals surface area (Å²) in [6.07, 6.45) is 0.977. The summed E-state index contributed by atoms with van der Waals surface area (Å²) in [6.45, 7) is 4.71. The van der Waals surface area contributed by atoms with Crippen LogP contribution in [-0.2, 0) is 4.74 Å². The number of rotatable bonds is 6. The Bertz CT molecular complexity index is 391. The molecule has 4 nitrogen and oxygen atoms in total. The van der Waals surface area contributed by atoms with Gasteiger partial charge in [-0.25, -0.2) is 0 Å². The van der Waals surface area contributed by atoms with E-state index >= 15 is 0 Å². The Morgan fingerprint density at radius 3 is 2.71 bits per heavy atom. The zero-order valence-corrected chi connectivity index (χ0v) is 10.6. The number of ether oxygens (including phenoxy) is 1. The van der Waals surface area contributed by atoms with E-state index < -0.39 is 5.91 Å². The molecule has 17 heavy (non-hydrogen) atoms. The summed E-state index contributed by atoms with van der Waals surface area (Å²) in [7, 11) is 1.69. The summed E-state index contributed by atoms with van der Waals surface area (Å²) in [4.78, 5) is 11.0. The highest BCUT2D eigenvalue weighted by Crippen LogP contribution is 2.18. The maximum Gasteiger partial charge on any atom is 0.248 e. The van der Waals surface area contributed by atoms with Gasteiger partial charge in [0.15, 0.2) is 0 Å². The van der Waals surface area contributed by atoms with Crippen LogP contribution in [0.1, 0.15) is 29.3 Å². The fraction of sp³-hybridized carbons (Fsp3) is 0.462. The van der Waals surface area contributed by atoms with Gasteiger partial charge in [-0.15, -0.1) is 0 Å². The van der Waals surface area contributed by atoms with Gasteiger partial charge in [0, 0.05) is 24.4 Å². The Labute approximate surface area is 102 Å². The average molecular weight is 236 g/mol. The Hall–Kier alpha value is -1.55. The van der Waals surface area contributed by atoms with Gasteiger partial charge in [-0.3, -0.25) is 4.79 Å². The minimum Gasteiger partial charge on any atom is -0.383 e. The summed E-state index contributed by atoms with van der Waals surface area (Å²) in [5, 5.41) is 3.39. The average Bonchev–Trinajstić information content (AvgIpc) is 2.30. The van der Waals surface area contributed by atoms with E-state index in [4.69, 9.17) is 10.5 Å². The summed E-state index contributed by atoms with van der Waals surface area (Å²) in [5.74, 6) is -0.399. The van der Waals surface area contributed by atoms with Crippen molar-refractivity contribution in [1.29, 1.82) is 0 Å². The molecule has 0 aliphatic rings. The van der Waals surface area contributed by atoms with Crippen LogP contribution in [0.5, 0.6) is 0 Å². The number of nitrogens with two attached hydrogens (primary N) is 1. The second-order valence-corrected chi connectivity index (χ2v) is 4.10. The van der Waals surface area contributed by atoms with Crippen LogP contribution in [0, 0.1) is 6.92 Å². The van der Waals surface area contributed by atoms with E-state index in [2.05, 4.69) is 12.2 Å². The predicted octanol–water partition coefficient (Wildman–Crippen LogP) is 1.93. The second-order valence-electron chi connectivity index (χ2n) is 4.10. The van der Waals surface area contributed by atoms with E-state index in [9.17, 15) is 4.79 Å². The van der Waals surface area contributed by atoms with E-state index in [1.807, 2.05) is 13.0 Å². The molecule has 1 aromatic carbocycles. The Morgan fingerprint density at radius 2 is 2.24 bits per heavy atom. The van der Waals surface area contributed by atoms with Gasteiger partial charge in [0.1, 0.15) is 0 Å². The first-order valence-corrected chi connectivity index (χ1v) is 5.74. The highest BCUT2D eigenvalue weighted by Gasteiger charge is 2.08. The summed E-state index contributed by atoms with van der Waals surface area (Å²) in [6, 6.07) is 5.69. The summed E-state index contributed by atoms with van der Waals surface area (Å²) < 4.78 is 5.13. The van der Waals surface area contributed by atoms with Crippen molar-refractivity contribution in [3.8, 4) is 0 Å². The molecule has 0 aliphatic carbocycles. The van der Waals surface area contributed by atoms with E-state index in [0.717, 1.165) is 17.7 Å². The third kappa shape index (κ3) is 3.75. The molecule has 0 saturated heterocycles. The zero-order valence-electron chi connectivity index (χ0n) is 10.6. The summed E-state index contributed by atoms with van der Waals surface area (Å²) >= 11 is 0. The van der Waals surface area contributed by atoms with Crippen LogP contribution in [0.15, 0.2) is 18.2 Å². The number of methoxy groups -OCH3 is 1. The number of carbonyl (C=O) groups is 1. The van der Waals surface area contributed by atoms with Crippen molar-refractivity contribution in [2.75, 3.05) is 19.0 Å². The van der Waals surface area contributed by atoms with Gasteiger partial charge in [0.25, 0.3) is 0 Å². The first-order valence-electron chi connectivity index (χ1n) is 5.74. The minimum atomic E-state index is -0.399. The lowest BCUT2D eigenvalue weighted by molar-refractivity contribution is 0.1000. The van der Waals surface area contributed by atoms with Crippen LogP contribution in [0.4, 0.5) is 5.69 Å². The number of primary amides is 1. The zero-order chi connectivity index (χ0) is 12.8. The van der Waals surface area contributed by atoms with Crippen LogP contribution in [-0.4, -0.2) is 25.7 Å². The van der Waals surface area contributed by atoms with Gasteiger partial charge >= 0.3 is 0 Å².